The predicted molar refractivity (Wildman–Crippen MR) is 108 cm³/mol. The normalized spacial score (nSPS) is 15.1. The number of aromatic hydroxyl groups is 2. The Morgan fingerprint density at radius 1 is 0.935 bits per heavy atom. The van der Waals surface area contributed by atoms with E-state index in [1.165, 1.54) is 37.3 Å². The van der Waals surface area contributed by atoms with E-state index >= 15 is 0 Å². The number of fused-ring (bicyclic) bond motifs is 6. The third-order valence-electron chi connectivity index (χ3n) is 4.92. The van der Waals surface area contributed by atoms with Crippen molar-refractivity contribution in [1.29, 1.82) is 0 Å². The SMILES string of the molecule is CC(O)N=C=O.O=C1OC2(c3ccc(O)cc3Oc3cc(O)ccc32)c2ccccc21. The minimum atomic E-state index is -1.17. The lowest BCUT2D eigenvalue weighted by Gasteiger charge is -2.36. The largest absolute Gasteiger partial charge is 0.508 e. The molecule has 0 radical (unpaired) electrons. The molecule has 8 nitrogen and oxygen atoms in total. The third kappa shape index (κ3) is 3.30. The van der Waals surface area contributed by atoms with Gasteiger partial charge in [-0.3, -0.25) is 0 Å². The Kier molecular flexibility index (Phi) is 4.94. The van der Waals surface area contributed by atoms with Gasteiger partial charge in [0.2, 0.25) is 6.08 Å². The summed E-state index contributed by atoms with van der Waals surface area (Å²) in [4.78, 5) is 24.6. The van der Waals surface area contributed by atoms with Crippen molar-refractivity contribution in [2.45, 2.75) is 18.8 Å². The second-order valence-electron chi connectivity index (χ2n) is 6.93. The summed E-state index contributed by atoms with van der Waals surface area (Å²) in [6.07, 6.45) is 0.292. The molecular weight excluding hydrogens is 402 g/mol. The Bertz CT molecular complexity index is 1180. The van der Waals surface area contributed by atoms with Gasteiger partial charge >= 0.3 is 5.97 Å². The first-order chi connectivity index (χ1) is 14.9. The van der Waals surface area contributed by atoms with E-state index in [4.69, 9.17) is 19.4 Å². The van der Waals surface area contributed by atoms with Crippen LogP contribution in [-0.2, 0) is 15.1 Å². The van der Waals surface area contributed by atoms with E-state index in [2.05, 4.69) is 4.99 Å². The smallest absolute Gasteiger partial charge is 0.340 e. The number of benzene rings is 3. The van der Waals surface area contributed by atoms with Gasteiger partial charge in [0.15, 0.2) is 11.8 Å². The van der Waals surface area contributed by atoms with Crippen molar-refractivity contribution in [3.8, 4) is 23.0 Å². The van der Waals surface area contributed by atoms with Crippen LogP contribution in [0.15, 0.2) is 65.7 Å². The number of phenols is 2. The van der Waals surface area contributed by atoms with Crippen molar-refractivity contribution in [1.82, 2.24) is 0 Å². The molecule has 0 saturated heterocycles. The number of phenolic OH excluding ortho intramolecular Hbond substituents is 2. The van der Waals surface area contributed by atoms with Crippen LogP contribution in [-0.4, -0.2) is 33.6 Å². The minimum Gasteiger partial charge on any atom is -0.508 e. The molecule has 5 rings (SSSR count). The number of esters is 1. The highest BCUT2D eigenvalue weighted by Crippen LogP contribution is 2.56. The van der Waals surface area contributed by atoms with Crippen LogP contribution in [0.4, 0.5) is 0 Å². The Morgan fingerprint density at radius 2 is 1.52 bits per heavy atom. The van der Waals surface area contributed by atoms with Crippen LogP contribution < -0.4 is 4.74 Å². The van der Waals surface area contributed by atoms with Gasteiger partial charge in [0.25, 0.3) is 0 Å². The van der Waals surface area contributed by atoms with Gasteiger partial charge in [0.1, 0.15) is 23.0 Å². The lowest BCUT2D eigenvalue weighted by molar-refractivity contribution is 0.0224. The molecule has 156 valence electrons. The third-order valence-corrected chi connectivity index (χ3v) is 4.92. The Hall–Kier alpha value is -4.13. The topological polar surface area (TPSA) is 126 Å². The molecule has 0 amide bonds. The standard InChI is InChI=1S/C20H12O5.C3H5NO2/c21-11-5-7-15-17(9-11)24-18-10-12(22)6-8-16(18)20(15)14-4-2-1-3-13(14)19(23)25-20;1-3(6)4-2-5/h1-10,21-22H;3,6H,1H3. The fraction of sp³-hybridized carbons (Fsp3) is 0.130. The summed E-state index contributed by atoms with van der Waals surface area (Å²) < 4.78 is 11.8. The highest BCUT2D eigenvalue weighted by molar-refractivity contribution is 5.97. The maximum absolute atomic E-state index is 12.5. The Labute approximate surface area is 176 Å². The van der Waals surface area contributed by atoms with E-state index in [9.17, 15) is 15.0 Å². The van der Waals surface area contributed by atoms with Crippen LogP contribution >= 0.6 is 0 Å². The van der Waals surface area contributed by atoms with Crippen LogP contribution in [0, 0.1) is 0 Å². The number of hydrogen-bond acceptors (Lipinski definition) is 8. The van der Waals surface area contributed by atoms with Crippen LogP contribution in [0.3, 0.4) is 0 Å². The number of aliphatic hydroxyl groups excluding tert-OH is 1. The van der Waals surface area contributed by atoms with Gasteiger partial charge in [-0.2, -0.15) is 4.99 Å². The number of ether oxygens (including phenoxy) is 2. The number of isocyanates is 1. The summed E-state index contributed by atoms with van der Waals surface area (Å²) in [6, 6.07) is 16.6. The lowest BCUT2D eigenvalue weighted by Crippen LogP contribution is -2.32. The molecule has 31 heavy (non-hydrogen) atoms. The van der Waals surface area contributed by atoms with Gasteiger partial charge < -0.3 is 24.8 Å². The Morgan fingerprint density at radius 3 is 2.03 bits per heavy atom. The summed E-state index contributed by atoms with van der Waals surface area (Å²) in [6.45, 7) is 1.38. The average Bonchev–Trinajstić information content (AvgIpc) is 3.01. The molecule has 8 heteroatoms. The van der Waals surface area contributed by atoms with Crippen molar-refractivity contribution in [3.63, 3.8) is 0 Å². The molecule has 1 atom stereocenters. The van der Waals surface area contributed by atoms with Crippen molar-refractivity contribution in [2.24, 2.45) is 4.99 Å². The van der Waals surface area contributed by atoms with Gasteiger partial charge in [-0.15, -0.1) is 0 Å². The molecule has 3 aromatic rings. The van der Waals surface area contributed by atoms with E-state index < -0.39 is 17.8 Å². The average molecular weight is 419 g/mol. The van der Waals surface area contributed by atoms with Crippen molar-refractivity contribution in [3.05, 3.63) is 82.9 Å². The van der Waals surface area contributed by atoms with Gasteiger partial charge in [-0.05, 0) is 37.3 Å². The highest BCUT2D eigenvalue weighted by Gasteiger charge is 2.53. The first-order valence-electron chi connectivity index (χ1n) is 9.29. The second kappa shape index (κ2) is 7.60. The number of aliphatic imine (C=N–C) groups is 1. The van der Waals surface area contributed by atoms with Crippen LogP contribution in [0.2, 0.25) is 0 Å². The van der Waals surface area contributed by atoms with Gasteiger partial charge in [-0.25, -0.2) is 9.59 Å². The summed E-state index contributed by atoms with van der Waals surface area (Å²) in [7, 11) is 0. The van der Waals surface area contributed by atoms with Gasteiger partial charge in [0, 0.05) is 28.8 Å². The molecule has 0 bridgehead atoms. The van der Waals surface area contributed by atoms with Crippen molar-refractivity contribution >= 4 is 12.0 Å². The lowest BCUT2D eigenvalue weighted by atomic mass is 9.77. The molecule has 0 fully saturated rings. The van der Waals surface area contributed by atoms with Crippen LogP contribution in [0.1, 0.15) is 34.0 Å². The molecule has 1 unspecified atom stereocenters. The number of rotatable bonds is 1. The van der Waals surface area contributed by atoms with Gasteiger partial charge in [0.05, 0.1) is 5.56 Å². The number of carbonyl (C=O) groups is 1. The minimum absolute atomic E-state index is 0.0371. The molecule has 0 aromatic heterocycles. The molecule has 3 N–H and O–H groups in total. The molecule has 1 spiro atoms. The van der Waals surface area contributed by atoms with E-state index in [1.54, 1.807) is 24.3 Å². The fourth-order valence-electron chi connectivity index (χ4n) is 3.73. The maximum atomic E-state index is 12.5. The van der Waals surface area contributed by atoms with Gasteiger partial charge in [-0.1, -0.05) is 18.2 Å². The predicted octanol–water partition coefficient (Wildman–Crippen LogP) is 3.33. The van der Waals surface area contributed by atoms with Crippen molar-refractivity contribution in [2.75, 3.05) is 0 Å². The number of nitrogens with zero attached hydrogens (tertiary/aromatic N) is 1. The molecule has 2 heterocycles. The molecular formula is C23H17NO7. The Balaban J connectivity index is 0.000000342. The van der Waals surface area contributed by atoms with E-state index in [0.717, 1.165) is 0 Å². The second-order valence-corrected chi connectivity index (χ2v) is 6.93. The molecule has 0 aliphatic carbocycles. The van der Waals surface area contributed by atoms with Crippen LogP contribution in [0.5, 0.6) is 23.0 Å². The molecule has 3 aromatic carbocycles. The zero-order chi connectivity index (χ0) is 22.2. The van der Waals surface area contributed by atoms with Crippen LogP contribution in [0.25, 0.3) is 0 Å². The quantitative estimate of drug-likeness (QED) is 0.314. The van der Waals surface area contributed by atoms with E-state index in [-0.39, 0.29) is 11.5 Å². The summed E-state index contributed by atoms with van der Waals surface area (Å²) in [5, 5.41) is 27.8. The number of carbonyl (C=O) groups excluding carboxylic acids is 2. The molecule has 2 aliphatic rings. The summed E-state index contributed by atoms with van der Waals surface area (Å²) >= 11 is 0. The molecule has 0 saturated carbocycles. The highest BCUT2D eigenvalue weighted by atomic mass is 16.6. The van der Waals surface area contributed by atoms with E-state index in [0.29, 0.717) is 33.8 Å². The summed E-state index contributed by atoms with van der Waals surface area (Å²) in [5.74, 6) is 0.408. The first kappa shape index (κ1) is 20.2. The van der Waals surface area contributed by atoms with Crippen molar-refractivity contribution < 1.29 is 34.4 Å². The summed E-state index contributed by atoms with van der Waals surface area (Å²) in [5.41, 5.74) is 1.28. The fourth-order valence-corrected chi connectivity index (χ4v) is 3.73. The zero-order valence-corrected chi connectivity index (χ0v) is 16.3. The first-order valence-corrected chi connectivity index (χ1v) is 9.29. The number of hydrogen-bond donors (Lipinski definition) is 3. The zero-order valence-electron chi connectivity index (χ0n) is 16.3. The molecule has 2 aliphatic heterocycles. The van der Waals surface area contributed by atoms with E-state index in [1.807, 2.05) is 12.1 Å². The maximum Gasteiger partial charge on any atom is 0.340 e. The monoisotopic (exact) mass is 419 g/mol. The number of aliphatic hydroxyl groups is 1.